The third-order valence-corrected chi connectivity index (χ3v) is 4.49. The Bertz CT molecular complexity index is 483. The molecule has 116 valence electrons. The van der Waals surface area contributed by atoms with E-state index in [1.165, 1.54) is 19.3 Å². The van der Waals surface area contributed by atoms with Crippen LogP contribution in [0.1, 0.15) is 50.6 Å². The Labute approximate surface area is 132 Å². The maximum absolute atomic E-state index is 6.07. The molecular weight excluding hydrogens is 284 g/mol. The highest BCUT2D eigenvalue weighted by molar-refractivity contribution is 6.30. The summed E-state index contributed by atoms with van der Waals surface area (Å²) in [5, 5.41) is 0.749. The third kappa shape index (κ3) is 4.35. The molecule has 3 N–H and O–H groups in total. The number of hydrogen-bond donors (Lipinski definition) is 2. The van der Waals surface area contributed by atoms with Gasteiger partial charge in [-0.3, -0.25) is 5.43 Å². The molecule has 0 radical (unpaired) electrons. The molecule has 0 aliphatic heterocycles. The van der Waals surface area contributed by atoms with Gasteiger partial charge in [0.05, 0.1) is 12.1 Å². The van der Waals surface area contributed by atoms with Gasteiger partial charge in [-0.25, -0.2) is 10.8 Å². The minimum absolute atomic E-state index is 0.155. The Morgan fingerprint density at radius 2 is 2.10 bits per heavy atom. The fourth-order valence-electron chi connectivity index (χ4n) is 2.79. The first kappa shape index (κ1) is 16.1. The van der Waals surface area contributed by atoms with E-state index in [0.29, 0.717) is 6.04 Å². The molecule has 5 heteroatoms. The minimum atomic E-state index is 0.155. The summed E-state index contributed by atoms with van der Waals surface area (Å²) >= 11 is 6.07. The Morgan fingerprint density at radius 3 is 2.71 bits per heavy atom. The van der Waals surface area contributed by atoms with E-state index in [-0.39, 0.29) is 6.04 Å². The van der Waals surface area contributed by atoms with Gasteiger partial charge in [0.1, 0.15) is 0 Å². The maximum atomic E-state index is 6.07. The minimum Gasteiger partial charge on any atom is -0.338 e. The highest BCUT2D eigenvalue weighted by atomic mass is 35.5. The average molecular weight is 309 g/mol. The molecule has 2 rings (SSSR count). The molecule has 1 atom stereocenters. The molecule has 4 nitrogen and oxygen atoms in total. The van der Waals surface area contributed by atoms with Gasteiger partial charge in [-0.05, 0) is 37.5 Å². The van der Waals surface area contributed by atoms with E-state index in [1.807, 2.05) is 25.2 Å². The number of halogens is 1. The van der Waals surface area contributed by atoms with Crippen LogP contribution in [-0.2, 0) is 0 Å². The van der Waals surface area contributed by atoms with Crippen molar-refractivity contribution in [2.45, 2.75) is 51.1 Å². The van der Waals surface area contributed by atoms with Crippen LogP contribution < -0.4 is 11.3 Å². The number of rotatable bonds is 3. The zero-order valence-corrected chi connectivity index (χ0v) is 13.6. The lowest BCUT2D eigenvalue weighted by Gasteiger charge is -2.29. The molecule has 1 unspecified atom stereocenters. The molecule has 0 amide bonds. The summed E-state index contributed by atoms with van der Waals surface area (Å²) in [6.45, 7) is 2.12. The lowest BCUT2D eigenvalue weighted by Crippen LogP contribution is -2.44. The van der Waals surface area contributed by atoms with E-state index in [0.717, 1.165) is 29.4 Å². The molecule has 1 aliphatic rings. The van der Waals surface area contributed by atoms with Crippen molar-refractivity contribution in [3.05, 3.63) is 34.9 Å². The number of nitrogens with zero attached hydrogens (tertiary/aromatic N) is 2. The summed E-state index contributed by atoms with van der Waals surface area (Å²) in [7, 11) is 2.01. The summed E-state index contributed by atoms with van der Waals surface area (Å²) < 4.78 is 0. The van der Waals surface area contributed by atoms with Gasteiger partial charge in [0.25, 0.3) is 0 Å². The van der Waals surface area contributed by atoms with Gasteiger partial charge in [0.2, 0.25) is 5.96 Å². The van der Waals surface area contributed by atoms with Gasteiger partial charge in [0.15, 0.2) is 0 Å². The Kier molecular flexibility index (Phi) is 5.88. The number of nitrogens with one attached hydrogen (secondary N) is 1. The molecule has 1 saturated carbocycles. The third-order valence-electron chi connectivity index (χ3n) is 4.25. The number of guanidine groups is 1. The first-order chi connectivity index (χ1) is 10.1. The van der Waals surface area contributed by atoms with Crippen LogP contribution in [0.25, 0.3) is 0 Å². The normalized spacial score (nSPS) is 18.4. The predicted molar refractivity (Wildman–Crippen MR) is 89.3 cm³/mol. The van der Waals surface area contributed by atoms with Crippen LogP contribution in [0.4, 0.5) is 0 Å². The molecule has 0 heterocycles. The van der Waals surface area contributed by atoms with Gasteiger partial charge >= 0.3 is 0 Å². The number of aliphatic imine (C=N–C) groups is 1. The van der Waals surface area contributed by atoms with E-state index in [2.05, 4.69) is 23.3 Å². The van der Waals surface area contributed by atoms with Gasteiger partial charge in [-0.2, -0.15) is 0 Å². The topological polar surface area (TPSA) is 53.6 Å². The lowest BCUT2D eigenvalue weighted by atomic mass is 9.96. The van der Waals surface area contributed by atoms with Crippen LogP contribution >= 0.6 is 11.6 Å². The van der Waals surface area contributed by atoms with Crippen LogP contribution in [0.5, 0.6) is 0 Å². The Morgan fingerprint density at radius 1 is 1.38 bits per heavy atom. The maximum Gasteiger partial charge on any atom is 0.208 e. The highest BCUT2D eigenvalue weighted by Crippen LogP contribution is 2.24. The van der Waals surface area contributed by atoms with Crippen molar-refractivity contribution in [3.63, 3.8) is 0 Å². The van der Waals surface area contributed by atoms with Gasteiger partial charge < -0.3 is 4.90 Å². The summed E-state index contributed by atoms with van der Waals surface area (Å²) in [5.41, 5.74) is 3.91. The standard InChI is InChI=1S/C16H25ClN4/c1-12(13-7-6-8-14(17)11-13)21(2)16(20-18)19-15-9-4-3-5-10-15/h6-8,11-12,15H,3-5,9-10,18H2,1-2H3,(H,19,20). The second-order valence-corrected chi connectivity index (χ2v) is 6.17. The molecule has 0 bridgehead atoms. The number of hydrogen-bond acceptors (Lipinski definition) is 2. The Balaban J connectivity index is 2.11. The first-order valence-corrected chi connectivity index (χ1v) is 8.02. The van der Waals surface area contributed by atoms with E-state index < -0.39 is 0 Å². The summed E-state index contributed by atoms with van der Waals surface area (Å²) in [6.07, 6.45) is 6.17. The lowest BCUT2D eigenvalue weighted by molar-refractivity contribution is 0.375. The van der Waals surface area contributed by atoms with Crippen LogP contribution in [0.3, 0.4) is 0 Å². The molecule has 1 aromatic rings. The molecule has 1 aromatic carbocycles. The Hall–Kier alpha value is -1.26. The molecular formula is C16H25ClN4. The van der Waals surface area contributed by atoms with Crippen molar-refractivity contribution in [2.75, 3.05) is 7.05 Å². The smallest absolute Gasteiger partial charge is 0.208 e. The summed E-state index contributed by atoms with van der Waals surface area (Å²) in [6, 6.07) is 8.45. The fraction of sp³-hybridized carbons (Fsp3) is 0.562. The summed E-state index contributed by atoms with van der Waals surface area (Å²) in [5.74, 6) is 6.43. The average Bonchev–Trinajstić information content (AvgIpc) is 2.52. The van der Waals surface area contributed by atoms with Crippen LogP contribution in [0.2, 0.25) is 5.02 Å². The van der Waals surface area contributed by atoms with Crippen LogP contribution in [-0.4, -0.2) is 23.9 Å². The van der Waals surface area contributed by atoms with Crippen molar-refractivity contribution in [3.8, 4) is 0 Å². The van der Waals surface area contributed by atoms with Crippen molar-refractivity contribution < 1.29 is 0 Å². The van der Waals surface area contributed by atoms with Gasteiger partial charge in [0, 0.05) is 12.1 Å². The molecule has 0 spiro atoms. The molecule has 21 heavy (non-hydrogen) atoms. The monoisotopic (exact) mass is 308 g/mol. The van der Waals surface area contributed by atoms with Crippen LogP contribution in [0, 0.1) is 0 Å². The molecule has 0 aromatic heterocycles. The molecule has 1 aliphatic carbocycles. The van der Waals surface area contributed by atoms with Gasteiger partial charge in [-0.15, -0.1) is 0 Å². The van der Waals surface area contributed by atoms with Crippen molar-refractivity contribution in [1.82, 2.24) is 10.3 Å². The number of nitrogens with two attached hydrogens (primary N) is 1. The van der Waals surface area contributed by atoms with E-state index in [1.54, 1.807) is 0 Å². The second-order valence-electron chi connectivity index (χ2n) is 5.73. The molecule has 1 fully saturated rings. The van der Waals surface area contributed by atoms with Crippen LogP contribution in [0.15, 0.2) is 29.3 Å². The fourth-order valence-corrected chi connectivity index (χ4v) is 2.99. The number of benzene rings is 1. The highest BCUT2D eigenvalue weighted by Gasteiger charge is 2.18. The predicted octanol–water partition coefficient (Wildman–Crippen LogP) is 3.48. The summed E-state index contributed by atoms with van der Waals surface area (Å²) in [4.78, 5) is 6.87. The SMILES string of the molecule is CC(c1cccc(Cl)c1)N(C)C(=NC1CCCCC1)NN. The van der Waals surface area contributed by atoms with E-state index in [4.69, 9.17) is 22.4 Å². The van der Waals surface area contributed by atoms with E-state index >= 15 is 0 Å². The van der Waals surface area contributed by atoms with Gasteiger partial charge in [-0.1, -0.05) is 43.0 Å². The second kappa shape index (κ2) is 7.66. The van der Waals surface area contributed by atoms with Crippen molar-refractivity contribution >= 4 is 17.6 Å². The van der Waals surface area contributed by atoms with Crippen molar-refractivity contribution in [1.29, 1.82) is 0 Å². The number of hydrazine groups is 1. The zero-order chi connectivity index (χ0) is 15.2. The largest absolute Gasteiger partial charge is 0.338 e. The first-order valence-electron chi connectivity index (χ1n) is 7.64. The molecule has 0 saturated heterocycles. The van der Waals surface area contributed by atoms with Crippen molar-refractivity contribution in [2.24, 2.45) is 10.8 Å². The zero-order valence-electron chi connectivity index (χ0n) is 12.8. The quantitative estimate of drug-likeness (QED) is 0.389. The van der Waals surface area contributed by atoms with E-state index in [9.17, 15) is 0 Å².